The van der Waals surface area contributed by atoms with Crippen molar-refractivity contribution in [2.45, 2.75) is 51.6 Å². The Morgan fingerprint density at radius 1 is 1.33 bits per heavy atom. The van der Waals surface area contributed by atoms with Crippen LogP contribution in [0.3, 0.4) is 0 Å². The van der Waals surface area contributed by atoms with Crippen LogP contribution in [0, 0.1) is 29.0 Å². The molecule has 1 aromatic carbocycles. The summed E-state index contributed by atoms with van der Waals surface area (Å²) in [7, 11) is 0. The molecule has 5 atom stereocenters. The smallest absolute Gasteiger partial charge is 0.315 e. The molecule has 1 saturated heterocycles. The number of nitrogens with two attached hydrogens (primary N) is 1. The van der Waals surface area contributed by atoms with E-state index in [2.05, 4.69) is 18.8 Å². The van der Waals surface area contributed by atoms with Gasteiger partial charge >= 0.3 is 5.97 Å². The minimum Gasteiger partial charge on any atom is -0.462 e. The van der Waals surface area contributed by atoms with Crippen LogP contribution in [0.25, 0.3) is 0 Å². The molecule has 1 aromatic rings. The fourth-order valence-electron chi connectivity index (χ4n) is 5.74. The maximum Gasteiger partial charge on any atom is 0.315 e. The minimum absolute atomic E-state index is 0.00231. The van der Waals surface area contributed by atoms with Gasteiger partial charge in [0.05, 0.1) is 13.1 Å². The molecule has 4 heteroatoms. The first-order chi connectivity index (χ1) is 13.0. The summed E-state index contributed by atoms with van der Waals surface area (Å²) in [4.78, 5) is 12.5. The molecular formula is C23H31FNO2+. The molecule has 2 N–H and O–H groups in total. The number of hydrogen-bond acceptors (Lipinski definition) is 2. The molecule has 3 nitrogen and oxygen atoms in total. The second kappa shape index (κ2) is 7.38. The van der Waals surface area contributed by atoms with Crippen molar-refractivity contribution >= 4 is 5.97 Å². The highest BCUT2D eigenvalue weighted by atomic mass is 19.1. The summed E-state index contributed by atoms with van der Waals surface area (Å²) in [5, 5.41) is 2.22. The molecule has 27 heavy (non-hydrogen) atoms. The number of carbonyl (C=O) groups is 1. The summed E-state index contributed by atoms with van der Waals surface area (Å²) in [5.74, 6) is 0.686. The van der Waals surface area contributed by atoms with Crippen molar-refractivity contribution in [2.75, 3.05) is 13.1 Å². The molecule has 0 spiro atoms. The van der Waals surface area contributed by atoms with Crippen LogP contribution in [0.5, 0.6) is 0 Å². The van der Waals surface area contributed by atoms with Gasteiger partial charge in [-0.2, -0.15) is 0 Å². The quantitative estimate of drug-likeness (QED) is 0.490. The van der Waals surface area contributed by atoms with Crippen molar-refractivity contribution in [2.24, 2.45) is 23.2 Å². The van der Waals surface area contributed by atoms with Gasteiger partial charge in [0, 0.05) is 12.3 Å². The van der Waals surface area contributed by atoms with Crippen LogP contribution in [0.4, 0.5) is 4.39 Å². The van der Waals surface area contributed by atoms with Crippen molar-refractivity contribution in [1.29, 1.82) is 0 Å². The summed E-state index contributed by atoms with van der Waals surface area (Å²) in [5.41, 5.74) is 2.78. The lowest BCUT2D eigenvalue weighted by atomic mass is 9.55. The molecule has 3 aliphatic rings. The molecule has 1 aliphatic heterocycles. The average molecular weight is 373 g/mol. The van der Waals surface area contributed by atoms with Crippen molar-refractivity contribution in [3.63, 3.8) is 0 Å². The zero-order chi connectivity index (χ0) is 19.0. The first kappa shape index (κ1) is 18.7. The molecule has 0 unspecified atom stereocenters. The van der Waals surface area contributed by atoms with Gasteiger partial charge in [-0.3, -0.25) is 4.79 Å². The van der Waals surface area contributed by atoms with E-state index in [-0.39, 0.29) is 29.2 Å². The third kappa shape index (κ3) is 3.69. The Kier molecular flexibility index (Phi) is 5.11. The zero-order valence-electron chi connectivity index (χ0n) is 16.3. The minimum atomic E-state index is -0.198. The summed E-state index contributed by atoms with van der Waals surface area (Å²) in [6, 6.07) is 6.67. The van der Waals surface area contributed by atoms with Crippen LogP contribution in [0.2, 0.25) is 0 Å². The third-order valence-electron chi connectivity index (χ3n) is 7.29. The standard InChI is InChI=1S/C23H30FNO2/c1-15-4-3-10-23(2)13-21-18(12-20(15)23)19(22(26)27-21)14-25-11-9-16-5-7-17(24)8-6-16/h5-8,18-21,25H,1,3-4,9-14H2,2H3/p+1/t18-,19-,20+,21+,23-/m0/s1. The predicted octanol–water partition coefficient (Wildman–Crippen LogP) is 3.25. The molecule has 3 fully saturated rings. The molecule has 0 bridgehead atoms. The van der Waals surface area contributed by atoms with E-state index in [9.17, 15) is 9.18 Å². The highest BCUT2D eigenvalue weighted by Gasteiger charge is 2.55. The van der Waals surface area contributed by atoms with Crippen LogP contribution in [0.1, 0.15) is 44.6 Å². The Balaban J connectivity index is 1.34. The highest BCUT2D eigenvalue weighted by molar-refractivity contribution is 5.75. The largest absolute Gasteiger partial charge is 0.462 e. The van der Waals surface area contributed by atoms with Gasteiger partial charge in [0.1, 0.15) is 17.8 Å². The number of hydrogen-bond donors (Lipinski definition) is 1. The lowest BCUT2D eigenvalue weighted by Crippen LogP contribution is -2.86. The summed E-state index contributed by atoms with van der Waals surface area (Å²) in [6.07, 6.45) is 6.62. The predicted molar refractivity (Wildman–Crippen MR) is 102 cm³/mol. The molecule has 146 valence electrons. The number of rotatable bonds is 5. The monoisotopic (exact) mass is 372 g/mol. The zero-order valence-corrected chi connectivity index (χ0v) is 16.3. The Morgan fingerprint density at radius 3 is 2.89 bits per heavy atom. The fraction of sp³-hybridized carbons (Fsp3) is 0.609. The van der Waals surface area contributed by atoms with Crippen molar-refractivity contribution in [3.05, 3.63) is 47.8 Å². The van der Waals surface area contributed by atoms with Gasteiger partial charge in [0.2, 0.25) is 0 Å². The summed E-state index contributed by atoms with van der Waals surface area (Å²) >= 11 is 0. The Bertz CT molecular complexity index is 716. The summed E-state index contributed by atoms with van der Waals surface area (Å²) in [6.45, 7) is 8.42. The molecule has 0 amide bonds. The maximum atomic E-state index is 13.0. The van der Waals surface area contributed by atoms with Gasteiger partial charge in [0.25, 0.3) is 0 Å². The molecule has 4 rings (SSSR count). The van der Waals surface area contributed by atoms with Crippen LogP contribution >= 0.6 is 0 Å². The lowest BCUT2D eigenvalue weighted by molar-refractivity contribution is -0.658. The third-order valence-corrected chi connectivity index (χ3v) is 7.29. The van der Waals surface area contributed by atoms with Crippen LogP contribution < -0.4 is 5.32 Å². The Hall–Kier alpha value is -1.68. The topological polar surface area (TPSA) is 42.9 Å². The number of benzene rings is 1. The van der Waals surface area contributed by atoms with E-state index in [1.165, 1.54) is 30.5 Å². The first-order valence-corrected chi connectivity index (χ1v) is 10.4. The molecule has 2 aliphatic carbocycles. The van der Waals surface area contributed by atoms with E-state index in [4.69, 9.17) is 4.74 Å². The normalized spacial score (nSPS) is 35.5. The van der Waals surface area contributed by atoms with Gasteiger partial charge in [-0.05, 0) is 61.1 Å². The van der Waals surface area contributed by atoms with Gasteiger partial charge in [-0.1, -0.05) is 31.2 Å². The number of quaternary nitrogens is 1. The molecule has 0 aromatic heterocycles. The van der Waals surface area contributed by atoms with Gasteiger partial charge < -0.3 is 10.1 Å². The molecule has 0 radical (unpaired) electrons. The number of carbonyl (C=O) groups excluding carboxylic acids is 1. The van der Waals surface area contributed by atoms with Crippen LogP contribution in [-0.2, 0) is 16.0 Å². The van der Waals surface area contributed by atoms with Crippen molar-refractivity contribution < 1.29 is 19.2 Å². The van der Waals surface area contributed by atoms with E-state index >= 15 is 0 Å². The number of ether oxygens (including phenoxy) is 1. The van der Waals surface area contributed by atoms with E-state index in [0.717, 1.165) is 44.3 Å². The van der Waals surface area contributed by atoms with Crippen LogP contribution in [0.15, 0.2) is 36.4 Å². The van der Waals surface area contributed by atoms with Gasteiger partial charge in [0.15, 0.2) is 0 Å². The number of halogens is 1. The number of esters is 1. The van der Waals surface area contributed by atoms with Crippen molar-refractivity contribution in [3.8, 4) is 0 Å². The molecule has 1 heterocycles. The average Bonchev–Trinajstić information content (AvgIpc) is 2.92. The Morgan fingerprint density at radius 2 is 2.11 bits per heavy atom. The second-order valence-corrected chi connectivity index (χ2v) is 9.09. The molecule has 2 saturated carbocycles. The SMILES string of the molecule is C=C1CCC[C@@]2(C)C[C@H]3OC(=O)[C@@H](C[NH2+]CCc4ccc(F)cc4)[C@@H]3C[C@H]12. The lowest BCUT2D eigenvalue weighted by Gasteiger charge is -2.49. The number of allylic oxidation sites excluding steroid dienone is 1. The number of fused-ring (bicyclic) bond motifs is 2. The Labute approximate surface area is 161 Å². The highest BCUT2D eigenvalue weighted by Crippen LogP contribution is 2.56. The van der Waals surface area contributed by atoms with E-state index in [1.807, 2.05) is 12.1 Å². The van der Waals surface area contributed by atoms with E-state index in [1.54, 1.807) is 0 Å². The first-order valence-electron chi connectivity index (χ1n) is 10.4. The van der Waals surface area contributed by atoms with Gasteiger partial charge in [-0.15, -0.1) is 0 Å². The second-order valence-electron chi connectivity index (χ2n) is 9.09. The van der Waals surface area contributed by atoms with Crippen LogP contribution in [-0.4, -0.2) is 25.2 Å². The molecular weight excluding hydrogens is 341 g/mol. The van der Waals surface area contributed by atoms with E-state index in [0.29, 0.717) is 11.8 Å². The van der Waals surface area contributed by atoms with Gasteiger partial charge in [-0.25, -0.2) is 4.39 Å². The van der Waals surface area contributed by atoms with E-state index < -0.39 is 0 Å². The summed E-state index contributed by atoms with van der Waals surface area (Å²) < 4.78 is 18.8. The fourth-order valence-corrected chi connectivity index (χ4v) is 5.74. The van der Waals surface area contributed by atoms with Crippen molar-refractivity contribution in [1.82, 2.24) is 0 Å². The maximum absolute atomic E-state index is 13.0.